The molecule has 1 aromatic carbocycles. The number of benzene rings is 1. The quantitative estimate of drug-likeness (QED) is 0.788. The lowest BCUT2D eigenvalue weighted by Crippen LogP contribution is -2.35. The van der Waals surface area contributed by atoms with Crippen LogP contribution in [0.4, 0.5) is 0 Å². The second kappa shape index (κ2) is 7.21. The molecule has 3 rings (SSSR count). The van der Waals surface area contributed by atoms with E-state index in [9.17, 15) is 9.59 Å². The van der Waals surface area contributed by atoms with Gasteiger partial charge >= 0.3 is 5.97 Å². The number of aromatic carboxylic acids is 1. The Labute approximate surface area is 156 Å². The Balaban J connectivity index is 1.76. The number of amides is 1. The minimum atomic E-state index is -0.997. The Bertz CT molecular complexity index is 914. The fourth-order valence-corrected chi connectivity index (χ4v) is 2.97. The molecule has 0 bridgehead atoms. The van der Waals surface area contributed by atoms with E-state index in [2.05, 4.69) is 4.99 Å². The van der Waals surface area contributed by atoms with Gasteiger partial charge in [0.25, 0.3) is 5.91 Å². The first-order valence-electron chi connectivity index (χ1n) is 8.21. The molecule has 1 aliphatic rings. The highest BCUT2D eigenvalue weighted by atomic mass is 32.1. The standard InChI is InChI=1S/C19H18N2O4S/c1-11(2)10-21-17(22)15(20-19(21)26)9-14-6-7-16(25-14)12-4-3-5-13(8-12)18(23)24/h3-8,11H,9-10H2,1-2H3,(H,23,24). The highest BCUT2D eigenvalue weighted by molar-refractivity contribution is 7.80. The van der Waals surface area contributed by atoms with Gasteiger partial charge in [-0.05, 0) is 42.4 Å². The maximum absolute atomic E-state index is 12.5. The number of carboxylic acid groups (broad SMARTS) is 1. The van der Waals surface area contributed by atoms with Crippen molar-refractivity contribution in [2.24, 2.45) is 10.9 Å². The number of carbonyl (C=O) groups is 2. The highest BCUT2D eigenvalue weighted by Gasteiger charge is 2.31. The first kappa shape index (κ1) is 18.0. The van der Waals surface area contributed by atoms with Crippen molar-refractivity contribution in [1.29, 1.82) is 0 Å². The number of rotatable bonds is 6. The predicted molar refractivity (Wildman–Crippen MR) is 101 cm³/mol. The van der Waals surface area contributed by atoms with E-state index in [1.54, 1.807) is 30.3 Å². The van der Waals surface area contributed by atoms with Crippen molar-refractivity contribution in [1.82, 2.24) is 4.90 Å². The lowest BCUT2D eigenvalue weighted by molar-refractivity contribution is -0.120. The average Bonchev–Trinajstić information content (AvgIpc) is 3.15. The molecule has 134 valence electrons. The van der Waals surface area contributed by atoms with Crippen LogP contribution in [0.5, 0.6) is 0 Å². The molecule has 0 radical (unpaired) electrons. The van der Waals surface area contributed by atoms with Gasteiger partial charge < -0.3 is 9.52 Å². The molecular formula is C19H18N2O4S. The molecule has 0 fully saturated rings. The molecule has 0 unspecified atom stereocenters. The van der Waals surface area contributed by atoms with Crippen molar-refractivity contribution in [3.63, 3.8) is 0 Å². The van der Waals surface area contributed by atoms with Gasteiger partial charge in [0.15, 0.2) is 0 Å². The van der Waals surface area contributed by atoms with Crippen molar-refractivity contribution < 1.29 is 19.1 Å². The Morgan fingerprint density at radius 2 is 2.08 bits per heavy atom. The topological polar surface area (TPSA) is 83.1 Å². The number of hydrogen-bond acceptors (Lipinski definition) is 4. The van der Waals surface area contributed by atoms with Crippen molar-refractivity contribution >= 4 is 34.9 Å². The number of nitrogens with zero attached hydrogens (tertiary/aromatic N) is 2. The van der Waals surface area contributed by atoms with Crippen molar-refractivity contribution in [2.75, 3.05) is 6.54 Å². The molecule has 7 heteroatoms. The molecule has 0 saturated heterocycles. The van der Waals surface area contributed by atoms with Crippen molar-refractivity contribution in [3.8, 4) is 11.3 Å². The third-order valence-electron chi connectivity index (χ3n) is 3.90. The molecule has 1 N–H and O–H groups in total. The fourth-order valence-electron chi connectivity index (χ4n) is 2.71. The van der Waals surface area contributed by atoms with Crippen LogP contribution in [0.25, 0.3) is 11.3 Å². The minimum Gasteiger partial charge on any atom is -0.478 e. The second-order valence-electron chi connectivity index (χ2n) is 6.48. The van der Waals surface area contributed by atoms with Crippen LogP contribution in [0.15, 0.2) is 45.8 Å². The number of furan rings is 1. The summed E-state index contributed by atoms with van der Waals surface area (Å²) in [6.07, 6.45) is 0.242. The Hall–Kier alpha value is -2.80. The molecule has 0 atom stereocenters. The molecule has 6 nitrogen and oxygen atoms in total. The van der Waals surface area contributed by atoms with Crippen LogP contribution in [-0.4, -0.2) is 39.3 Å². The largest absolute Gasteiger partial charge is 0.478 e. The molecule has 0 spiro atoms. The van der Waals surface area contributed by atoms with Crippen LogP contribution >= 0.6 is 12.2 Å². The van der Waals surface area contributed by atoms with Gasteiger partial charge in [-0.15, -0.1) is 0 Å². The zero-order valence-corrected chi connectivity index (χ0v) is 15.2. The van der Waals surface area contributed by atoms with E-state index in [0.717, 1.165) is 0 Å². The molecule has 1 amide bonds. The second-order valence-corrected chi connectivity index (χ2v) is 6.84. The van der Waals surface area contributed by atoms with E-state index in [1.807, 2.05) is 13.8 Å². The van der Waals surface area contributed by atoms with Crippen LogP contribution in [0.1, 0.15) is 30.0 Å². The lowest BCUT2D eigenvalue weighted by atomic mass is 10.1. The molecule has 0 aliphatic carbocycles. The molecule has 1 aromatic heterocycles. The highest BCUT2D eigenvalue weighted by Crippen LogP contribution is 2.24. The van der Waals surface area contributed by atoms with Gasteiger partial charge in [0.2, 0.25) is 5.11 Å². The monoisotopic (exact) mass is 370 g/mol. The maximum atomic E-state index is 12.5. The average molecular weight is 370 g/mol. The van der Waals surface area contributed by atoms with Gasteiger partial charge in [-0.1, -0.05) is 26.0 Å². The first-order chi connectivity index (χ1) is 12.3. The summed E-state index contributed by atoms with van der Waals surface area (Å²) in [5, 5.41) is 9.38. The van der Waals surface area contributed by atoms with E-state index in [1.165, 1.54) is 11.0 Å². The smallest absolute Gasteiger partial charge is 0.335 e. The Morgan fingerprint density at radius 3 is 2.77 bits per heavy atom. The van der Waals surface area contributed by atoms with E-state index in [4.69, 9.17) is 21.7 Å². The number of carbonyl (C=O) groups excluding carboxylic acids is 1. The number of aliphatic imine (C=N–C) groups is 1. The van der Waals surface area contributed by atoms with E-state index in [0.29, 0.717) is 40.4 Å². The molecule has 0 saturated carbocycles. The van der Waals surface area contributed by atoms with Crippen LogP contribution in [0, 0.1) is 5.92 Å². The predicted octanol–water partition coefficient (Wildman–Crippen LogP) is 3.41. The van der Waals surface area contributed by atoms with Crippen LogP contribution in [-0.2, 0) is 11.2 Å². The third-order valence-corrected chi connectivity index (χ3v) is 4.21. The van der Waals surface area contributed by atoms with Crippen molar-refractivity contribution in [3.05, 3.63) is 47.7 Å². The lowest BCUT2D eigenvalue weighted by Gasteiger charge is -2.16. The summed E-state index contributed by atoms with van der Waals surface area (Å²) in [6, 6.07) is 10.0. The molecule has 2 heterocycles. The summed E-state index contributed by atoms with van der Waals surface area (Å²) in [6.45, 7) is 4.56. The fraction of sp³-hybridized carbons (Fsp3) is 0.263. The summed E-state index contributed by atoms with van der Waals surface area (Å²) >= 11 is 5.18. The minimum absolute atomic E-state index is 0.186. The van der Waals surface area contributed by atoms with Gasteiger partial charge in [0.1, 0.15) is 17.2 Å². The van der Waals surface area contributed by atoms with Gasteiger partial charge in [0.05, 0.1) is 12.0 Å². The zero-order chi connectivity index (χ0) is 18.8. The molecule has 26 heavy (non-hydrogen) atoms. The Morgan fingerprint density at radius 1 is 1.31 bits per heavy atom. The van der Waals surface area contributed by atoms with Gasteiger partial charge in [-0.2, -0.15) is 0 Å². The van der Waals surface area contributed by atoms with Gasteiger partial charge in [0, 0.05) is 12.1 Å². The SMILES string of the molecule is CC(C)CN1C(=O)C(Cc2ccc(-c3cccc(C(=O)O)c3)o2)=NC1=S. The third kappa shape index (κ3) is 3.72. The number of hydrogen-bond donors (Lipinski definition) is 1. The van der Waals surface area contributed by atoms with E-state index >= 15 is 0 Å². The summed E-state index contributed by atoms with van der Waals surface area (Å²) < 4.78 is 5.78. The maximum Gasteiger partial charge on any atom is 0.335 e. The number of thiocarbonyl (C=S) groups is 1. The zero-order valence-electron chi connectivity index (χ0n) is 14.4. The van der Waals surface area contributed by atoms with Gasteiger partial charge in [-0.3, -0.25) is 9.69 Å². The summed E-state index contributed by atoms with van der Waals surface area (Å²) in [5.74, 6) is 0.221. The summed E-state index contributed by atoms with van der Waals surface area (Å²) in [4.78, 5) is 29.3. The molecule has 1 aliphatic heterocycles. The Kier molecular flexibility index (Phi) is 4.99. The van der Waals surface area contributed by atoms with Gasteiger partial charge in [-0.25, -0.2) is 9.79 Å². The van der Waals surface area contributed by atoms with Crippen LogP contribution < -0.4 is 0 Å². The normalized spacial score (nSPS) is 14.3. The molecule has 2 aromatic rings. The van der Waals surface area contributed by atoms with Crippen molar-refractivity contribution in [2.45, 2.75) is 20.3 Å². The van der Waals surface area contributed by atoms with E-state index in [-0.39, 0.29) is 17.9 Å². The van der Waals surface area contributed by atoms with E-state index < -0.39 is 5.97 Å². The van der Waals surface area contributed by atoms with Crippen LogP contribution in [0.2, 0.25) is 0 Å². The van der Waals surface area contributed by atoms with Crippen LogP contribution in [0.3, 0.4) is 0 Å². The number of carboxylic acids is 1. The molecular weight excluding hydrogens is 352 g/mol. The first-order valence-corrected chi connectivity index (χ1v) is 8.62. The summed E-state index contributed by atoms with van der Waals surface area (Å²) in [5.41, 5.74) is 1.20. The summed E-state index contributed by atoms with van der Waals surface area (Å²) in [7, 11) is 0.